The van der Waals surface area contributed by atoms with Crippen molar-refractivity contribution in [1.82, 2.24) is 10.2 Å². The van der Waals surface area contributed by atoms with Gasteiger partial charge in [0.15, 0.2) is 0 Å². The van der Waals surface area contributed by atoms with Gasteiger partial charge in [-0.25, -0.2) is 0 Å². The molecule has 0 amide bonds. The molecule has 0 aromatic carbocycles. The van der Waals surface area contributed by atoms with Crippen molar-refractivity contribution < 1.29 is 0 Å². The summed E-state index contributed by atoms with van der Waals surface area (Å²) in [5.74, 6) is 1.53. The summed E-state index contributed by atoms with van der Waals surface area (Å²) in [5.41, 5.74) is 0. The standard InChI is InChI=1S/C15H32N2/c1-6-13(4)14(5)16-11-15(12(2)3)17-9-7-8-10-17/h12-16H,6-11H2,1-5H3. The van der Waals surface area contributed by atoms with Crippen LogP contribution in [0.2, 0.25) is 0 Å². The molecule has 1 N–H and O–H groups in total. The monoisotopic (exact) mass is 240 g/mol. The molecule has 0 aromatic rings. The third kappa shape index (κ3) is 4.59. The molecular weight excluding hydrogens is 208 g/mol. The summed E-state index contributed by atoms with van der Waals surface area (Å²) in [6.45, 7) is 15.4. The van der Waals surface area contributed by atoms with Crippen LogP contribution in [0.3, 0.4) is 0 Å². The third-order valence-electron chi connectivity index (χ3n) is 4.53. The molecule has 1 aliphatic heterocycles. The van der Waals surface area contributed by atoms with E-state index in [4.69, 9.17) is 0 Å². The average molecular weight is 240 g/mol. The van der Waals surface area contributed by atoms with Crippen LogP contribution in [0.1, 0.15) is 53.9 Å². The Morgan fingerprint density at radius 2 is 1.65 bits per heavy atom. The van der Waals surface area contributed by atoms with Crippen LogP contribution in [0.4, 0.5) is 0 Å². The van der Waals surface area contributed by atoms with Crippen LogP contribution in [-0.2, 0) is 0 Å². The molecule has 1 heterocycles. The fourth-order valence-corrected chi connectivity index (χ4v) is 2.72. The summed E-state index contributed by atoms with van der Waals surface area (Å²) in [6, 6.07) is 1.37. The zero-order chi connectivity index (χ0) is 12.8. The minimum atomic E-state index is 0.642. The van der Waals surface area contributed by atoms with Gasteiger partial charge in [-0.3, -0.25) is 4.90 Å². The van der Waals surface area contributed by atoms with E-state index in [2.05, 4.69) is 44.8 Å². The predicted octanol–water partition coefficient (Wildman–Crippen LogP) is 3.13. The largest absolute Gasteiger partial charge is 0.312 e. The van der Waals surface area contributed by atoms with Crippen molar-refractivity contribution in [2.24, 2.45) is 11.8 Å². The zero-order valence-corrected chi connectivity index (χ0v) is 12.5. The van der Waals surface area contributed by atoms with Gasteiger partial charge in [-0.2, -0.15) is 0 Å². The van der Waals surface area contributed by atoms with Gasteiger partial charge in [0.1, 0.15) is 0 Å². The van der Waals surface area contributed by atoms with Crippen LogP contribution >= 0.6 is 0 Å². The van der Waals surface area contributed by atoms with Crippen LogP contribution in [0.5, 0.6) is 0 Å². The minimum absolute atomic E-state index is 0.642. The fraction of sp³-hybridized carbons (Fsp3) is 1.00. The number of nitrogens with zero attached hydrogens (tertiary/aromatic N) is 1. The minimum Gasteiger partial charge on any atom is -0.312 e. The van der Waals surface area contributed by atoms with E-state index in [0.717, 1.165) is 24.4 Å². The lowest BCUT2D eigenvalue weighted by atomic mass is 9.98. The molecule has 102 valence electrons. The molecule has 0 saturated carbocycles. The van der Waals surface area contributed by atoms with Crippen molar-refractivity contribution >= 4 is 0 Å². The van der Waals surface area contributed by atoms with Crippen LogP contribution in [0.25, 0.3) is 0 Å². The van der Waals surface area contributed by atoms with Crippen molar-refractivity contribution in [3.63, 3.8) is 0 Å². The van der Waals surface area contributed by atoms with E-state index < -0.39 is 0 Å². The Bertz CT molecular complexity index is 197. The van der Waals surface area contributed by atoms with Gasteiger partial charge < -0.3 is 5.32 Å². The maximum Gasteiger partial charge on any atom is 0.0243 e. The topological polar surface area (TPSA) is 15.3 Å². The van der Waals surface area contributed by atoms with Gasteiger partial charge >= 0.3 is 0 Å². The molecule has 0 aromatic heterocycles. The first-order valence-corrected chi connectivity index (χ1v) is 7.53. The average Bonchev–Trinajstić information content (AvgIpc) is 2.81. The van der Waals surface area contributed by atoms with Crippen molar-refractivity contribution in [3.8, 4) is 0 Å². The summed E-state index contributed by atoms with van der Waals surface area (Å²) in [7, 11) is 0. The Morgan fingerprint density at radius 1 is 1.06 bits per heavy atom. The Labute approximate surface area is 108 Å². The zero-order valence-electron chi connectivity index (χ0n) is 12.5. The molecule has 1 aliphatic rings. The van der Waals surface area contributed by atoms with Crippen LogP contribution in [0.15, 0.2) is 0 Å². The summed E-state index contributed by atoms with van der Waals surface area (Å²) in [4.78, 5) is 2.68. The second-order valence-electron chi connectivity index (χ2n) is 6.14. The fourth-order valence-electron chi connectivity index (χ4n) is 2.72. The first-order valence-electron chi connectivity index (χ1n) is 7.53. The molecule has 0 radical (unpaired) electrons. The number of likely N-dealkylation sites (tertiary alicyclic amines) is 1. The van der Waals surface area contributed by atoms with E-state index in [0.29, 0.717) is 6.04 Å². The molecule has 2 heteroatoms. The highest BCUT2D eigenvalue weighted by molar-refractivity contribution is 4.82. The highest BCUT2D eigenvalue weighted by atomic mass is 15.2. The van der Waals surface area contributed by atoms with Crippen molar-refractivity contribution in [2.45, 2.75) is 66.0 Å². The lowest BCUT2D eigenvalue weighted by molar-refractivity contribution is 0.178. The van der Waals surface area contributed by atoms with E-state index in [1.807, 2.05) is 0 Å². The number of hydrogen-bond acceptors (Lipinski definition) is 2. The quantitative estimate of drug-likeness (QED) is 0.735. The van der Waals surface area contributed by atoms with Crippen molar-refractivity contribution in [3.05, 3.63) is 0 Å². The second kappa shape index (κ2) is 7.38. The number of hydrogen-bond donors (Lipinski definition) is 1. The van der Waals surface area contributed by atoms with E-state index in [1.165, 1.54) is 32.4 Å². The maximum absolute atomic E-state index is 3.75. The lowest BCUT2D eigenvalue weighted by Crippen LogP contribution is -2.47. The van der Waals surface area contributed by atoms with E-state index in [9.17, 15) is 0 Å². The second-order valence-corrected chi connectivity index (χ2v) is 6.14. The Morgan fingerprint density at radius 3 is 2.12 bits per heavy atom. The predicted molar refractivity (Wildman–Crippen MR) is 76.4 cm³/mol. The van der Waals surface area contributed by atoms with Gasteiger partial charge in [0.25, 0.3) is 0 Å². The van der Waals surface area contributed by atoms with Gasteiger partial charge in [-0.1, -0.05) is 34.1 Å². The molecule has 17 heavy (non-hydrogen) atoms. The van der Waals surface area contributed by atoms with Gasteiger partial charge in [-0.05, 0) is 44.7 Å². The third-order valence-corrected chi connectivity index (χ3v) is 4.53. The summed E-state index contributed by atoms with van der Waals surface area (Å²) >= 11 is 0. The Kier molecular flexibility index (Phi) is 6.50. The van der Waals surface area contributed by atoms with Gasteiger partial charge in [0.05, 0.1) is 0 Å². The first-order chi connectivity index (χ1) is 8.06. The highest BCUT2D eigenvalue weighted by Gasteiger charge is 2.25. The highest BCUT2D eigenvalue weighted by Crippen LogP contribution is 2.17. The summed E-state index contributed by atoms with van der Waals surface area (Å²) in [6.07, 6.45) is 4.05. The van der Waals surface area contributed by atoms with Crippen LogP contribution < -0.4 is 5.32 Å². The maximum atomic E-state index is 3.75. The summed E-state index contributed by atoms with van der Waals surface area (Å²) < 4.78 is 0. The molecule has 3 atom stereocenters. The first kappa shape index (κ1) is 15.0. The molecule has 0 bridgehead atoms. The summed E-state index contributed by atoms with van der Waals surface area (Å²) in [5, 5.41) is 3.75. The molecule has 0 aliphatic carbocycles. The number of rotatable bonds is 7. The van der Waals surface area contributed by atoms with Crippen molar-refractivity contribution in [1.29, 1.82) is 0 Å². The Balaban J connectivity index is 2.39. The smallest absolute Gasteiger partial charge is 0.0243 e. The molecule has 2 nitrogen and oxygen atoms in total. The molecule has 3 unspecified atom stereocenters. The molecule has 1 rings (SSSR count). The van der Waals surface area contributed by atoms with Gasteiger partial charge in [0.2, 0.25) is 0 Å². The molecule has 1 fully saturated rings. The number of nitrogens with one attached hydrogen (secondary N) is 1. The molecule has 0 spiro atoms. The van der Waals surface area contributed by atoms with E-state index >= 15 is 0 Å². The SMILES string of the molecule is CCC(C)C(C)NCC(C(C)C)N1CCCC1. The van der Waals surface area contributed by atoms with Crippen LogP contribution in [0, 0.1) is 11.8 Å². The molecule has 1 saturated heterocycles. The lowest BCUT2D eigenvalue weighted by Gasteiger charge is -2.33. The van der Waals surface area contributed by atoms with Gasteiger partial charge in [0, 0.05) is 18.6 Å². The van der Waals surface area contributed by atoms with E-state index in [1.54, 1.807) is 0 Å². The Hall–Kier alpha value is -0.0800. The molecular formula is C15H32N2. The van der Waals surface area contributed by atoms with Gasteiger partial charge in [-0.15, -0.1) is 0 Å². The van der Waals surface area contributed by atoms with Crippen LogP contribution in [-0.4, -0.2) is 36.6 Å². The normalized spacial score (nSPS) is 22.9. The van der Waals surface area contributed by atoms with Crippen molar-refractivity contribution in [2.75, 3.05) is 19.6 Å². The van der Waals surface area contributed by atoms with E-state index in [-0.39, 0.29) is 0 Å².